The molecule has 2 nitrogen and oxygen atoms in total. The minimum atomic E-state index is 0.0321. The highest BCUT2D eigenvalue weighted by atomic mass is 32.1. The van der Waals surface area contributed by atoms with E-state index in [1.54, 1.807) is 0 Å². The summed E-state index contributed by atoms with van der Waals surface area (Å²) in [5.74, 6) is 0.0321. The molecule has 53 valence electrons. The standard InChI is InChI=1S/C7H8NOS/c1-3-6-4-10-7(8-6)5(2)9/h4H,1,3H2,2H3. The Hall–Kier alpha value is -0.700. The van der Waals surface area contributed by atoms with Crippen LogP contribution >= 0.6 is 11.3 Å². The zero-order chi connectivity index (χ0) is 7.56. The van der Waals surface area contributed by atoms with Crippen LogP contribution in [0.3, 0.4) is 0 Å². The summed E-state index contributed by atoms with van der Waals surface area (Å²) >= 11 is 1.38. The van der Waals surface area contributed by atoms with Gasteiger partial charge in [0.1, 0.15) is 0 Å². The van der Waals surface area contributed by atoms with E-state index >= 15 is 0 Å². The fourth-order valence-corrected chi connectivity index (χ4v) is 1.34. The largest absolute Gasteiger partial charge is 0.292 e. The van der Waals surface area contributed by atoms with Crippen LogP contribution in [0.1, 0.15) is 22.4 Å². The van der Waals surface area contributed by atoms with E-state index in [0.29, 0.717) is 11.4 Å². The third kappa shape index (κ3) is 1.42. The number of thiazole rings is 1. The van der Waals surface area contributed by atoms with Crippen molar-refractivity contribution in [3.8, 4) is 0 Å². The molecular formula is C7H8NOS. The Kier molecular flexibility index (Phi) is 2.17. The normalized spacial score (nSPS) is 9.80. The molecule has 0 saturated carbocycles. The molecule has 0 aliphatic rings. The first-order chi connectivity index (χ1) is 4.74. The molecule has 1 radical (unpaired) electrons. The fraction of sp³-hybridized carbons (Fsp3) is 0.286. The van der Waals surface area contributed by atoms with Gasteiger partial charge in [0, 0.05) is 12.3 Å². The van der Waals surface area contributed by atoms with Gasteiger partial charge in [0.2, 0.25) is 0 Å². The third-order valence-electron chi connectivity index (χ3n) is 1.11. The van der Waals surface area contributed by atoms with Gasteiger partial charge in [-0.2, -0.15) is 0 Å². The van der Waals surface area contributed by atoms with Gasteiger partial charge in [-0.1, -0.05) is 0 Å². The Morgan fingerprint density at radius 1 is 1.90 bits per heavy atom. The van der Waals surface area contributed by atoms with Gasteiger partial charge in [0.15, 0.2) is 10.8 Å². The van der Waals surface area contributed by atoms with Gasteiger partial charge in [-0.3, -0.25) is 4.79 Å². The quantitative estimate of drug-likeness (QED) is 0.607. The van der Waals surface area contributed by atoms with Gasteiger partial charge in [-0.05, 0) is 13.3 Å². The fourth-order valence-electron chi connectivity index (χ4n) is 0.584. The maximum absolute atomic E-state index is 10.7. The molecular weight excluding hydrogens is 146 g/mol. The molecule has 1 rings (SSSR count). The van der Waals surface area contributed by atoms with Crippen LogP contribution in [-0.4, -0.2) is 10.8 Å². The first-order valence-corrected chi connectivity index (χ1v) is 3.86. The second-order valence-electron chi connectivity index (χ2n) is 1.95. The molecule has 3 heteroatoms. The Morgan fingerprint density at radius 3 is 2.90 bits per heavy atom. The van der Waals surface area contributed by atoms with Crippen LogP contribution in [0.5, 0.6) is 0 Å². The lowest BCUT2D eigenvalue weighted by Gasteiger charge is -1.83. The minimum absolute atomic E-state index is 0.0321. The maximum atomic E-state index is 10.7. The molecule has 0 unspecified atom stereocenters. The summed E-state index contributed by atoms with van der Waals surface area (Å²) in [6.45, 7) is 5.18. The van der Waals surface area contributed by atoms with E-state index in [1.807, 2.05) is 5.38 Å². The zero-order valence-corrected chi connectivity index (χ0v) is 6.57. The number of ketones is 1. The maximum Gasteiger partial charge on any atom is 0.188 e. The molecule has 0 amide bonds. The van der Waals surface area contributed by atoms with Crippen molar-refractivity contribution in [2.75, 3.05) is 0 Å². The number of aromatic nitrogens is 1. The van der Waals surface area contributed by atoms with E-state index in [9.17, 15) is 4.79 Å². The van der Waals surface area contributed by atoms with Gasteiger partial charge < -0.3 is 0 Å². The lowest BCUT2D eigenvalue weighted by Crippen LogP contribution is -1.90. The van der Waals surface area contributed by atoms with E-state index in [2.05, 4.69) is 11.9 Å². The molecule has 0 fully saturated rings. The van der Waals surface area contributed by atoms with Crippen molar-refractivity contribution >= 4 is 17.1 Å². The molecule has 0 bridgehead atoms. The third-order valence-corrected chi connectivity index (χ3v) is 2.10. The summed E-state index contributed by atoms with van der Waals surface area (Å²) in [4.78, 5) is 14.7. The second-order valence-corrected chi connectivity index (χ2v) is 2.81. The number of carbonyl (C=O) groups is 1. The number of hydrogen-bond acceptors (Lipinski definition) is 3. The van der Waals surface area contributed by atoms with E-state index < -0.39 is 0 Å². The van der Waals surface area contributed by atoms with E-state index in [0.717, 1.165) is 5.69 Å². The van der Waals surface area contributed by atoms with Crippen LogP contribution in [0.25, 0.3) is 0 Å². The van der Waals surface area contributed by atoms with Gasteiger partial charge in [-0.25, -0.2) is 4.98 Å². The molecule has 0 N–H and O–H groups in total. The highest BCUT2D eigenvalue weighted by Crippen LogP contribution is 2.09. The average Bonchev–Trinajstić information content (AvgIpc) is 2.34. The summed E-state index contributed by atoms with van der Waals surface area (Å²) in [7, 11) is 0. The van der Waals surface area contributed by atoms with Crippen molar-refractivity contribution in [1.82, 2.24) is 4.98 Å². The molecule has 0 aromatic carbocycles. The van der Waals surface area contributed by atoms with Crippen molar-refractivity contribution in [3.05, 3.63) is 23.0 Å². The van der Waals surface area contributed by atoms with Crippen LogP contribution < -0.4 is 0 Å². The van der Waals surface area contributed by atoms with E-state index in [4.69, 9.17) is 0 Å². The zero-order valence-electron chi connectivity index (χ0n) is 5.76. The molecule has 1 aromatic rings. The van der Waals surface area contributed by atoms with Gasteiger partial charge >= 0.3 is 0 Å². The molecule has 0 atom stereocenters. The predicted molar refractivity (Wildman–Crippen MR) is 41.2 cm³/mol. The molecule has 0 spiro atoms. The number of hydrogen-bond donors (Lipinski definition) is 0. The number of nitrogens with zero attached hydrogens (tertiary/aromatic N) is 1. The lowest BCUT2D eigenvalue weighted by atomic mass is 10.4. The first kappa shape index (κ1) is 7.41. The molecule has 1 heterocycles. The molecule has 0 aliphatic heterocycles. The number of rotatable bonds is 2. The number of carbonyl (C=O) groups excluding carboxylic acids is 1. The Morgan fingerprint density at radius 2 is 2.60 bits per heavy atom. The second kappa shape index (κ2) is 2.92. The van der Waals surface area contributed by atoms with Gasteiger partial charge in [0.25, 0.3) is 0 Å². The SMILES string of the molecule is [CH2]Cc1csc(C(C)=O)n1. The summed E-state index contributed by atoms with van der Waals surface area (Å²) in [6, 6.07) is 0. The Balaban J connectivity index is 2.88. The summed E-state index contributed by atoms with van der Waals surface area (Å²) in [6.07, 6.45) is 0.657. The van der Waals surface area contributed by atoms with Crippen LogP contribution in [0.15, 0.2) is 5.38 Å². The summed E-state index contributed by atoms with van der Waals surface area (Å²) in [5, 5.41) is 2.45. The highest BCUT2D eigenvalue weighted by molar-refractivity contribution is 7.11. The van der Waals surface area contributed by atoms with Crippen molar-refractivity contribution in [3.63, 3.8) is 0 Å². The van der Waals surface area contributed by atoms with Gasteiger partial charge in [0.05, 0.1) is 5.69 Å². The highest BCUT2D eigenvalue weighted by Gasteiger charge is 2.03. The van der Waals surface area contributed by atoms with Crippen LogP contribution in [0, 0.1) is 6.92 Å². The summed E-state index contributed by atoms with van der Waals surface area (Å²) < 4.78 is 0. The lowest BCUT2D eigenvalue weighted by molar-refractivity contribution is 0.101. The van der Waals surface area contributed by atoms with Crippen molar-refractivity contribution in [1.29, 1.82) is 0 Å². The van der Waals surface area contributed by atoms with E-state index in [1.165, 1.54) is 18.3 Å². The van der Waals surface area contributed by atoms with Crippen molar-refractivity contribution in [2.45, 2.75) is 13.3 Å². The predicted octanol–water partition coefficient (Wildman–Crippen LogP) is 1.72. The van der Waals surface area contributed by atoms with Gasteiger partial charge in [-0.15, -0.1) is 11.3 Å². The van der Waals surface area contributed by atoms with Crippen LogP contribution in [-0.2, 0) is 6.42 Å². The monoisotopic (exact) mass is 154 g/mol. The van der Waals surface area contributed by atoms with Crippen molar-refractivity contribution < 1.29 is 4.79 Å². The first-order valence-electron chi connectivity index (χ1n) is 2.98. The molecule has 0 aliphatic carbocycles. The topological polar surface area (TPSA) is 30.0 Å². The Bertz CT molecular complexity index is 242. The molecule has 1 aromatic heterocycles. The summed E-state index contributed by atoms with van der Waals surface area (Å²) in [5.41, 5.74) is 0.898. The molecule has 0 saturated heterocycles. The smallest absolute Gasteiger partial charge is 0.188 e. The number of Topliss-reactive ketones (excluding diaryl/α,β-unsaturated/α-hetero) is 1. The average molecular weight is 154 g/mol. The molecule has 10 heavy (non-hydrogen) atoms. The van der Waals surface area contributed by atoms with Crippen molar-refractivity contribution in [2.24, 2.45) is 0 Å². The minimum Gasteiger partial charge on any atom is -0.292 e. The van der Waals surface area contributed by atoms with Crippen LogP contribution in [0.4, 0.5) is 0 Å². The van der Waals surface area contributed by atoms with E-state index in [-0.39, 0.29) is 5.78 Å². The Labute approximate surface area is 63.9 Å². The van der Waals surface area contributed by atoms with Crippen LogP contribution in [0.2, 0.25) is 0 Å².